The van der Waals surface area contributed by atoms with Gasteiger partial charge in [0.05, 0.1) is 0 Å². The van der Waals surface area contributed by atoms with Gasteiger partial charge in [0.2, 0.25) is 0 Å². The molecule has 1 saturated carbocycles. The molecule has 0 atom stereocenters. The van der Waals surface area contributed by atoms with Gasteiger partial charge in [0.1, 0.15) is 0 Å². The molecule has 1 aromatic carbocycles. The van der Waals surface area contributed by atoms with Crippen molar-refractivity contribution in [3.63, 3.8) is 0 Å². The smallest absolute Gasteiger partial charge is 0.0234 e. The molecule has 1 N–H and O–H groups in total. The molecule has 2 fully saturated rings. The third-order valence-corrected chi connectivity index (χ3v) is 4.62. The second-order valence-electron chi connectivity index (χ2n) is 6.54. The first-order chi connectivity index (χ1) is 10.3. The first-order valence-corrected chi connectivity index (χ1v) is 8.60. The highest BCUT2D eigenvalue weighted by molar-refractivity contribution is 5.23. The minimum absolute atomic E-state index is 0.931. The SMILES string of the molecule is CCCNCc1cccc(CN2CCN(C3CC3)CC2)c1. The molecule has 0 aromatic heterocycles. The number of nitrogens with zero attached hydrogens (tertiary/aromatic N) is 2. The van der Waals surface area contributed by atoms with Crippen molar-refractivity contribution in [2.24, 2.45) is 0 Å². The van der Waals surface area contributed by atoms with Crippen LogP contribution in [0, 0.1) is 0 Å². The third-order valence-electron chi connectivity index (χ3n) is 4.62. The molecular weight excluding hydrogens is 258 g/mol. The van der Waals surface area contributed by atoms with Gasteiger partial charge in [-0.25, -0.2) is 0 Å². The fourth-order valence-electron chi connectivity index (χ4n) is 3.23. The first-order valence-electron chi connectivity index (χ1n) is 8.60. The Labute approximate surface area is 129 Å². The Morgan fingerprint density at radius 1 is 1.10 bits per heavy atom. The largest absolute Gasteiger partial charge is 0.313 e. The lowest BCUT2D eigenvalue weighted by atomic mass is 10.1. The van der Waals surface area contributed by atoms with Crippen LogP contribution in [0.3, 0.4) is 0 Å². The van der Waals surface area contributed by atoms with E-state index in [4.69, 9.17) is 0 Å². The van der Waals surface area contributed by atoms with Crippen molar-refractivity contribution >= 4 is 0 Å². The summed E-state index contributed by atoms with van der Waals surface area (Å²) in [6.07, 6.45) is 4.07. The molecule has 116 valence electrons. The van der Waals surface area contributed by atoms with E-state index in [0.29, 0.717) is 0 Å². The highest BCUT2D eigenvalue weighted by Gasteiger charge is 2.30. The molecule has 0 spiro atoms. The van der Waals surface area contributed by atoms with E-state index in [9.17, 15) is 0 Å². The Bertz CT molecular complexity index is 434. The van der Waals surface area contributed by atoms with Crippen molar-refractivity contribution in [1.82, 2.24) is 15.1 Å². The van der Waals surface area contributed by atoms with Crippen LogP contribution in [0.1, 0.15) is 37.3 Å². The average Bonchev–Trinajstić information content (AvgIpc) is 3.34. The van der Waals surface area contributed by atoms with Gasteiger partial charge in [-0.2, -0.15) is 0 Å². The Hall–Kier alpha value is -0.900. The maximum atomic E-state index is 3.49. The summed E-state index contributed by atoms with van der Waals surface area (Å²) in [4.78, 5) is 5.29. The Morgan fingerprint density at radius 3 is 2.57 bits per heavy atom. The van der Waals surface area contributed by atoms with Gasteiger partial charge in [-0.1, -0.05) is 31.2 Å². The molecule has 1 aliphatic heterocycles. The lowest BCUT2D eigenvalue weighted by Gasteiger charge is -2.34. The van der Waals surface area contributed by atoms with Gasteiger partial charge in [-0.3, -0.25) is 9.80 Å². The summed E-state index contributed by atoms with van der Waals surface area (Å²) in [5.41, 5.74) is 2.88. The van der Waals surface area contributed by atoms with Crippen LogP contribution in [0.25, 0.3) is 0 Å². The fraction of sp³-hybridized carbons (Fsp3) is 0.667. The van der Waals surface area contributed by atoms with Crippen molar-refractivity contribution < 1.29 is 0 Å². The predicted molar refractivity (Wildman–Crippen MR) is 88.3 cm³/mol. The zero-order valence-corrected chi connectivity index (χ0v) is 13.4. The lowest BCUT2D eigenvalue weighted by Crippen LogP contribution is -2.46. The van der Waals surface area contributed by atoms with Gasteiger partial charge < -0.3 is 5.32 Å². The highest BCUT2D eigenvalue weighted by Crippen LogP contribution is 2.27. The Balaban J connectivity index is 1.47. The molecule has 21 heavy (non-hydrogen) atoms. The molecule has 2 aliphatic rings. The minimum atomic E-state index is 0.931. The van der Waals surface area contributed by atoms with E-state index >= 15 is 0 Å². The van der Waals surface area contributed by atoms with E-state index in [-0.39, 0.29) is 0 Å². The number of hydrogen-bond acceptors (Lipinski definition) is 3. The van der Waals surface area contributed by atoms with Crippen molar-refractivity contribution in [2.75, 3.05) is 32.7 Å². The van der Waals surface area contributed by atoms with Gasteiger partial charge in [0.15, 0.2) is 0 Å². The van der Waals surface area contributed by atoms with E-state index in [1.54, 1.807) is 0 Å². The number of rotatable bonds is 7. The molecule has 3 rings (SSSR count). The van der Waals surface area contributed by atoms with Gasteiger partial charge in [-0.15, -0.1) is 0 Å². The number of nitrogens with one attached hydrogen (secondary N) is 1. The fourth-order valence-corrected chi connectivity index (χ4v) is 3.23. The molecule has 0 amide bonds. The second-order valence-corrected chi connectivity index (χ2v) is 6.54. The average molecular weight is 287 g/mol. The van der Waals surface area contributed by atoms with Crippen molar-refractivity contribution in [2.45, 2.75) is 45.3 Å². The van der Waals surface area contributed by atoms with Crippen LogP contribution in [0.4, 0.5) is 0 Å². The molecule has 3 nitrogen and oxygen atoms in total. The van der Waals surface area contributed by atoms with Gasteiger partial charge >= 0.3 is 0 Å². The standard InChI is InChI=1S/C18H29N3/c1-2-8-19-14-16-4-3-5-17(13-16)15-20-9-11-21(12-10-20)18-6-7-18/h3-5,13,18-19H,2,6-12,14-15H2,1H3. The molecule has 0 bridgehead atoms. The number of hydrogen-bond donors (Lipinski definition) is 1. The van der Waals surface area contributed by atoms with E-state index in [0.717, 1.165) is 25.7 Å². The first kappa shape index (κ1) is 15.0. The zero-order valence-electron chi connectivity index (χ0n) is 13.4. The van der Waals surface area contributed by atoms with Crippen LogP contribution in [0.15, 0.2) is 24.3 Å². The Morgan fingerprint density at radius 2 is 1.86 bits per heavy atom. The minimum Gasteiger partial charge on any atom is -0.313 e. The molecule has 0 radical (unpaired) electrons. The maximum Gasteiger partial charge on any atom is 0.0234 e. The van der Waals surface area contributed by atoms with Crippen LogP contribution < -0.4 is 5.32 Å². The van der Waals surface area contributed by atoms with Crippen molar-refractivity contribution in [1.29, 1.82) is 0 Å². The molecule has 0 unspecified atom stereocenters. The van der Waals surface area contributed by atoms with Crippen LogP contribution in [-0.2, 0) is 13.1 Å². The zero-order chi connectivity index (χ0) is 14.5. The third kappa shape index (κ3) is 4.53. The van der Waals surface area contributed by atoms with E-state index < -0.39 is 0 Å². The second kappa shape index (κ2) is 7.39. The van der Waals surface area contributed by atoms with E-state index in [1.165, 1.54) is 56.6 Å². The quantitative estimate of drug-likeness (QED) is 0.777. The lowest BCUT2D eigenvalue weighted by molar-refractivity contribution is 0.121. The maximum absolute atomic E-state index is 3.49. The summed E-state index contributed by atoms with van der Waals surface area (Å²) >= 11 is 0. The van der Waals surface area contributed by atoms with Crippen LogP contribution in [0.2, 0.25) is 0 Å². The molecule has 1 saturated heterocycles. The summed E-state index contributed by atoms with van der Waals surface area (Å²) in [6.45, 7) is 10.4. The molecular formula is C18H29N3. The van der Waals surface area contributed by atoms with Crippen molar-refractivity contribution in [3.8, 4) is 0 Å². The van der Waals surface area contributed by atoms with Gasteiger partial charge in [0.25, 0.3) is 0 Å². The number of benzene rings is 1. The summed E-state index contributed by atoms with van der Waals surface area (Å²) < 4.78 is 0. The molecule has 1 aromatic rings. The van der Waals surface area contributed by atoms with Gasteiger partial charge in [0, 0.05) is 45.3 Å². The predicted octanol–water partition coefficient (Wildman–Crippen LogP) is 2.47. The Kier molecular flexibility index (Phi) is 5.28. The topological polar surface area (TPSA) is 18.5 Å². The van der Waals surface area contributed by atoms with Crippen molar-refractivity contribution in [3.05, 3.63) is 35.4 Å². The van der Waals surface area contributed by atoms with E-state index in [1.807, 2.05) is 0 Å². The van der Waals surface area contributed by atoms with Crippen LogP contribution >= 0.6 is 0 Å². The van der Waals surface area contributed by atoms with Gasteiger partial charge in [-0.05, 0) is 36.9 Å². The highest BCUT2D eigenvalue weighted by atomic mass is 15.3. The van der Waals surface area contributed by atoms with Crippen LogP contribution in [0.5, 0.6) is 0 Å². The van der Waals surface area contributed by atoms with E-state index in [2.05, 4.69) is 46.3 Å². The summed E-state index contributed by atoms with van der Waals surface area (Å²) in [5.74, 6) is 0. The molecule has 3 heteroatoms. The molecule has 1 aliphatic carbocycles. The summed E-state index contributed by atoms with van der Waals surface area (Å²) in [5, 5.41) is 3.49. The number of piperazine rings is 1. The monoisotopic (exact) mass is 287 g/mol. The normalized spacial score (nSPS) is 20.8. The summed E-state index contributed by atoms with van der Waals surface area (Å²) in [6, 6.07) is 10.0. The molecule has 1 heterocycles. The summed E-state index contributed by atoms with van der Waals surface area (Å²) in [7, 11) is 0. The van der Waals surface area contributed by atoms with Crippen LogP contribution in [-0.4, -0.2) is 48.6 Å².